The van der Waals surface area contributed by atoms with Crippen LogP contribution in [0.15, 0.2) is 20.0 Å². The summed E-state index contributed by atoms with van der Waals surface area (Å²) < 4.78 is 0. The molecular formula is C8H9N5O2. The van der Waals surface area contributed by atoms with E-state index in [0.29, 0.717) is 11.7 Å². The SMILES string of the molecule is O=C(O)CCN=C1N=CNC2=NC=NC12. The summed E-state index contributed by atoms with van der Waals surface area (Å²) in [5, 5.41) is 11.3. The molecule has 0 bridgehead atoms. The van der Waals surface area contributed by atoms with E-state index in [1.807, 2.05) is 0 Å². The highest BCUT2D eigenvalue weighted by Crippen LogP contribution is 2.06. The van der Waals surface area contributed by atoms with E-state index in [2.05, 4.69) is 25.3 Å². The van der Waals surface area contributed by atoms with Gasteiger partial charge >= 0.3 is 5.97 Å². The van der Waals surface area contributed by atoms with Gasteiger partial charge in [0.25, 0.3) is 0 Å². The highest BCUT2D eigenvalue weighted by molar-refractivity contribution is 6.21. The lowest BCUT2D eigenvalue weighted by molar-refractivity contribution is -0.136. The molecule has 0 saturated carbocycles. The zero-order valence-corrected chi connectivity index (χ0v) is 7.79. The van der Waals surface area contributed by atoms with Gasteiger partial charge in [0.15, 0.2) is 11.9 Å². The average Bonchev–Trinajstić information content (AvgIpc) is 2.65. The van der Waals surface area contributed by atoms with Crippen LogP contribution in [0.4, 0.5) is 0 Å². The molecule has 2 heterocycles. The quantitative estimate of drug-likeness (QED) is 0.640. The molecule has 2 N–H and O–H groups in total. The molecule has 1 atom stereocenters. The van der Waals surface area contributed by atoms with Crippen LogP contribution in [0.1, 0.15) is 6.42 Å². The highest BCUT2D eigenvalue weighted by Gasteiger charge is 2.25. The van der Waals surface area contributed by atoms with Gasteiger partial charge in [-0.05, 0) is 0 Å². The minimum atomic E-state index is -0.874. The van der Waals surface area contributed by atoms with E-state index in [9.17, 15) is 4.79 Å². The first-order chi connectivity index (χ1) is 7.27. The molecule has 2 rings (SSSR count). The first kappa shape index (κ1) is 9.50. The lowest BCUT2D eigenvalue weighted by Crippen LogP contribution is -2.40. The van der Waals surface area contributed by atoms with Gasteiger partial charge in [0.1, 0.15) is 12.2 Å². The van der Waals surface area contributed by atoms with E-state index in [-0.39, 0.29) is 19.0 Å². The molecule has 0 saturated heterocycles. The Hall–Kier alpha value is -2.05. The van der Waals surface area contributed by atoms with Crippen molar-refractivity contribution in [3.05, 3.63) is 0 Å². The molecule has 78 valence electrons. The number of aliphatic carboxylic acids is 1. The van der Waals surface area contributed by atoms with Gasteiger partial charge < -0.3 is 10.4 Å². The van der Waals surface area contributed by atoms with Gasteiger partial charge in [-0.15, -0.1) is 0 Å². The summed E-state index contributed by atoms with van der Waals surface area (Å²) in [4.78, 5) is 26.4. The van der Waals surface area contributed by atoms with E-state index in [1.165, 1.54) is 12.7 Å². The minimum Gasteiger partial charge on any atom is -0.481 e. The molecule has 0 spiro atoms. The van der Waals surface area contributed by atoms with Crippen molar-refractivity contribution in [3.8, 4) is 0 Å². The first-order valence-corrected chi connectivity index (χ1v) is 4.42. The number of nitrogens with one attached hydrogen (secondary N) is 1. The van der Waals surface area contributed by atoms with Crippen LogP contribution in [0.5, 0.6) is 0 Å². The number of fused-ring (bicyclic) bond motifs is 1. The fraction of sp³-hybridized carbons (Fsp3) is 0.375. The molecule has 0 aliphatic carbocycles. The topological polar surface area (TPSA) is 98.8 Å². The zero-order chi connectivity index (χ0) is 10.7. The van der Waals surface area contributed by atoms with Crippen molar-refractivity contribution < 1.29 is 9.90 Å². The maximum Gasteiger partial charge on any atom is 0.305 e. The third-order valence-electron chi connectivity index (χ3n) is 1.92. The summed E-state index contributed by atoms with van der Waals surface area (Å²) in [5.41, 5.74) is 0. The van der Waals surface area contributed by atoms with E-state index in [0.717, 1.165) is 0 Å². The number of carboxylic acids is 1. The number of nitrogens with zero attached hydrogens (tertiary/aromatic N) is 4. The van der Waals surface area contributed by atoms with E-state index < -0.39 is 5.97 Å². The molecular weight excluding hydrogens is 198 g/mol. The third-order valence-corrected chi connectivity index (χ3v) is 1.92. The Bertz CT molecular complexity index is 396. The Morgan fingerprint density at radius 3 is 3.33 bits per heavy atom. The molecule has 0 amide bonds. The number of hydrogen-bond donors (Lipinski definition) is 2. The number of amidine groups is 2. The normalized spacial score (nSPS) is 24.9. The predicted molar refractivity (Wildman–Crippen MR) is 55.9 cm³/mol. The Kier molecular flexibility index (Phi) is 2.53. The zero-order valence-electron chi connectivity index (χ0n) is 7.79. The molecule has 2 aliphatic heterocycles. The number of carbonyl (C=O) groups is 1. The summed E-state index contributed by atoms with van der Waals surface area (Å²) in [6, 6.07) is -0.288. The van der Waals surface area contributed by atoms with Crippen LogP contribution >= 0.6 is 0 Å². The van der Waals surface area contributed by atoms with Crippen LogP contribution in [-0.2, 0) is 4.79 Å². The lowest BCUT2D eigenvalue weighted by Gasteiger charge is -2.14. The molecule has 0 fully saturated rings. The summed E-state index contributed by atoms with van der Waals surface area (Å²) in [7, 11) is 0. The van der Waals surface area contributed by atoms with Crippen molar-refractivity contribution in [3.63, 3.8) is 0 Å². The fourth-order valence-corrected chi connectivity index (χ4v) is 1.24. The van der Waals surface area contributed by atoms with Gasteiger partial charge in [0.05, 0.1) is 19.3 Å². The van der Waals surface area contributed by atoms with Crippen molar-refractivity contribution in [2.75, 3.05) is 6.54 Å². The van der Waals surface area contributed by atoms with Crippen molar-refractivity contribution in [1.29, 1.82) is 0 Å². The van der Waals surface area contributed by atoms with Crippen LogP contribution in [0, 0.1) is 0 Å². The molecule has 15 heavy (non-hydrogen) atoms. The Balaban J connectivity index is 2.05. The maximum absolute atomic E-state index is 10.3. The van der Waals surface area contributed by atoms with Crippen LogP contribution in [0.3, 0.4) is 0 Å². The van der Waals surface area contributed by atoms with E-state index in [4.69, 9.17) is 5.11 Å². The van der Waals surface area contributed by atoms with Crippen LogP contribution in [-0.4, -0.2) is 48.0 Å². The first-order valence-electron chi connectivity index (χ1n) is 4.42. The molecule has 7 heteroatoms. The van der Waals surface area contributed by atoms with Crippen LogP contribution in [0.2, 0.25) is 0 Å². The van der Waals surface area contributed by atoms with E-state index >= 15 is 0 Å². The van der Waals surface area contributed by atoms with Gasteiger partial charge in [-0.1, -0.05) is 0 Å². The maximum atomic E-state index is 10.3. The standard InChI is InChI=1S/C8H9N5O2/c14-5(15)1-2-9-7-6-8(11-3-10-6)13-4-12-7/h3-4,6H,1-2H2,(H,14,15)(H,9,10,11,12,13). The minimum absolute atomic E-state index is 0.00460. The van der Waals surface area contributed by atoms with Gasteiger partial charge in [-0.2, -0.15) is 0 Å². The number of hydrogen-bond acceptors (Lipinski definition) is 5. The summed E-state index contributed by atoms with van der Waals surface area (Å²) in [5.74, 6) is 0.308. The predicted octanol–water partition coefficient (Wildman–Crippen LogP) is -0.700. The van der Waals surface area contributed by atoms with Crippen molar-refractivity contribution in [1.82, 2.24) is 5.32 Å². The molecule has 1 unspecified atom stereocenters. The van der Waals surface area contributed by atoms with Crippen molar-refractivity contribution in [2.45, 2.75) is 12.5 Å². The van der Waals surface area contributed by atoms with Crippen LogP contribution in [0.25, 0.3) is 0 Å². The van der Waals surface area contributed by atoms with Crippen LogP contribution < -0.4 is 5.32 Å². The average molecular weight is 207 g/mol. The molecule has 0 aromatic rings. The number of rotatable bonds is 3. The second-order valence-electron chi connectivity index (χ2n) is 2.97. The third kappa shape index (κ3) is 2.06. The van der Waals surface area contributed by atoms with Gasteiger partial charge in [-0.3, -0.25) is 14.8 Å². The van der Waals surface area contributed by atoms with Gasteiger partial charge in [0, 0.05) is 0 Å². The summed E-state index contributed by atoms with van der Waals surface area (Å²) in [6.07, 6.45) is 2.91. The lowest BCUT2D eigenvalue weighted by atomic mass is 10.2. The second kappa shape index (κ2) is 3.99. The molecule has 0 aromatic heterocycles. The molecule has 2 aliphatic rings. The van der Waals surface area contributed by atoms with Gasteiger partial charge in [0.2, 0.25) is 0 Å². The van der Waals surface area contributed by atoms with E-state index in [1.54, 1.807) is 0 Å². The van der Waals surface area contributed by atoms with Gasteiger partial charge in [-0.25, -0.2) is 9.98 Å². The largest absolute Gasteiger partial charge is 0.481 e. The Labute approximate surface area is 85.4 Å². The van der Waals surface area contributed by atoms with Crippen molar-refractivity contribution in [2.24, 2.45) is 20.0 Å². The molecule has 7 nitrogen and oxygen atoms in total. The monoisotopic (exact) mass is 207 g/mol. The number of carboxylic acid groups (broad SMARTS) is 1. The summed E-state index contributed by atoms with van der Waals surface area (Å²) in [6.45, 7) is 0.210. The Morgan fingerprint density at radius 1 is 1.67 bits per heavy atom. The number of aliphatic imine (C=N–C) groups is 4. The Morgan fingerprint density at radius 2 is 2.53 bits per heavy atom. The van der Waals surface area contributed by atoms with Crippen molar-refractivity contribution >= 4 is 30.3 Å². The molecule has 0 radical (unpaired) electrons. The summed E-state index contributed by atoms with van der Waals surface area (Å²) >= 11 is 0. The second-order valence-corrected chi connectivity index (χ2v) is 2.97. The fourth-order valence-electron chi connectivity index (χ4n) is 1.24. The molecule has 0 aromatic carbocycles. The smallest absolute Gasteiger partial charge is 0.305 e. The highest BCUT2D eigenvalue weighted by atomic mass is 16.4.